The van der Waals surface area contributed by atoms with E-state index in [1.54, 1.807) is 12.1 Å². The Morgan fingerprint density at radius 1 is 1.04 bits per heavy atom. The largest absolute Gasteiger partial charge is 0.497 e. The highest BCUT2D eigenvalue weighted by molar-refractivity contribution is 7.87. The Hall–Kier alpha value is -2.64. The minimum absolute atomic E-state index is 0.0344. The van der Waals surface area contributed by atoms with E-state index in [0.717, 1.165) is 11.6 Å². The fourth-order valence-electron chi connectivity index (χ4n) is 2.45. The van der Waals surface area contributed by atoms with Gasteiger partial charge in [0.15, 0.2) is 11.5 Å². The summed E-state index contributed by atoms with van der Waals surface area (Å²) in [4.78, 5) is 24.5. The number of aryl methyl sites for hydroxylation is 1. The molecule has 0 amide bonds. The zero-order chi connectivity index (χ0) is 19.1. The Balaban J connectivity index is 2.14. The molecule has 0 saturated carbocycles. The van der Waals surface area contributed by atoms with E-state index >= 15 is 0 Å². The molecule has 1 aliphatic carbocycles. The lowest BCUT2D eigenvalue weighted by atomic mass is 9.93. The minimum atomic E-state index is -4.23. The molecule has 0 bridgehead atoms. The minimum Gasteiger partial charge on any atom is -0.497 e. The lowest BCUT2D eigenvalue weighted by molar-refractivity contribution is 0.0988. The normalized spacial score (nSPS) is 13.9. The Morgan fingerprint density at radius 2 is 1.69 bits per heavy atom. The number of fused-ring (bicyclic) bond motifs is 1. The molecule has 134 valence electrons. The summed E-state index contributed by atoms with van der Waals surface area (Å²) in [6.07, 6.45) is 0.976. The topological polar surface area (TPSA) is 86.7 Å². The van der Waals surface area contributed by atoms with Gasteiger partial charge < -0.3 is 8.92 Å². The summed E-state index contributed by atoms with van der Waals surface area (Å²) in [5.41, 5.74) is 0.632. The number of halogens is 1. The van der Waals surface area contributed by atoms with Crippen LogP contribution in [0.5, 0.6) is 11.5 Å². The molecule has 0 saturated heterocycles. The van der Waals surface area contributed by atoms with Gasteiger partial charge >= 0.3 is 10.1 Å². The predicted octanol–water partition coefficient (Wildman–Crippen LogP) is 3.27. The zero-order valence-corrected chi connectivity index (χ0v) is 15.3. The van der Waals surface area contributed by atoms with Crippen molar-refractivity contribution in [1.82, 2.24) is 0 Å². The van der Waals surface area contributed by atoms with Gasteiger partial charge in [0.1, 0.15) is 10.6 Å². The summed E-state index contributed by atoms with van der Waals surface area (Å²) in [5, 5.41) is -0.315. The zero-order valence-electron chi connectivity index (χ0n) is 13.8. The van der Waals surface area contributed by atoms with Gasteiger partial charge in [0, 0.05) is 17.7 Å². The molecule has 0 unspecified atom stereocenters. The van der Waals surface area contributed by atoms with Crippen LogP contribution in [0, 0.1) is 6.92 Å². The standard InChI is InChI=1S/C18H13ClO6S/c1-10-3-5-12(6-4-10)26(22,23)25-16-8-11(24-2)7-13-15(20)9-14(19)18(21)17(13)16/h3-9H,1-2H3. The number of Topliss-reactive ketones (excluding diaryl/α,β-unsaturated/α-hetero) is 1. The van der Waals surface area contributed by atoms with E-state index in [2.05, 4.69) is 0 Å². The molecule has 0 heterocycles. The fourth-order valence-corrected chi connectivity index (χ4v) is 3.58. The van der Waals surface area contributed by atoms with Crippen molar-refractivity contribution in [3.8, 4) is 11.5 Å². The maximum atomic E-state index is 12.6. The fraction of sp³-hybridized carbons (Fsp3) is 0.111. The van der Waals surface area contributed by atoms with Gasteiger partial charge in [-0.25, -0.2) is 0 Å². The first kappa shape index (κ1) is 18.2. The number of allylic oxidation sites excluding steroid dienone is 2. The molecule has 8 heteroatoms. The second-order valence-electron chi connectivity index (χ2n) is 5.58. The molecule has 0 aliphatic heterocycles. The number of carbonyl (C=O) groups is 2. The van der Waals surface area contributed by atoms with Crippen molar-refractivity contribution in [2.24, 2.45) is 0 Å². The Kier molecular flexibility index (Phi) is 4.60. The summed E-state index contributed by atoms with van der Waals surface area (Å²) >= 11 is 5.80. The van der Waals surface area contributed by atoms with Crippen molar-refractivity contribution in [2.45, 2.75) is 11.8 Å². The number of benzene rings is 2. The average molecular weight is 393 g/mol. The SMILES string of the molecule is COc1cc(OS(=O)(=O)c2ccc(C)cc2)c2c(c1)C(=O)C=C(Cl)C2=O. The monoisotopic (exact) mass is 392 g/mol. The lowest BCUT2D eigenvalue weighted by Gasteiger charge is -2.17. The van der Waals surface area contributed by atoms with Crippen LogP contribution in [0.1, 0.15) is 26.3 Å². The van der Waals surface area contributed by atoms with Crippen LogP contribution in [0.2, 0.25) is 0 Å². The molecule has 0 aromatic heterocycles. The average Bonchev–Trinajstić information content (AvgIpc) is 2.59. The van der Waals surface area contributed by atoms with E-state index in [-0.39, 0.29) is 32.6 Å². The number of ether oxygens (including phenoxy) is 1. The highest BCUT2D eigenvalue weighted by Crippen LogP contribution is 2.36. The lowest BCUT2D eigenvalue weighted by Crippen LogP contribution is -2.19. The Labute approximate surface area is 155 Å². The first-order valence-corrected chi connectivity index (χ1v) is 9.21. The van der Waals surface area contributed by atoms with E-state index in [1.165, 1.54) is 31.4 Å². The molecule has 26 heavy (non-hydrogen) atoms. The van der Waals surface area contributed by atoms with Crippen molar-refractivity contribution >= 4 is 33.3 Å². The molecular weight excluding hydrogens is 380 g/mol. The number of hydrogen-bond acceptors (Lipinski definition) is 6. The summed E-state index contributed by atoms with van der Waals surface area (Å²) in [6, 6.07) is 8.57. The predicted molar refractivity (Wildman–Crippen MR) is 94.6 cm³/mol. The highest BCUT2D eigenvalue weighted by atomic mass is 35.5. The van der Waals surface area contributed by atoms with Crippen LogP contribution in [0.4, 0.5) is 0 Å². The van der Waals surface area contributed by atoms with Crippen molar-refractivity contribution < 1.29 is 26.9 Å². The molecule has 0 N–H and O–H groups in total. The molecule has 1 aliphatic rings. The van der Waals surface area contributed by atoms with E-state index in [9.17, 15) is 18.0 Å². The highest BCUT2D eigenvalue weighted by Gasteiger charge is 2.31. The van der Waals surface area contributed by atoms with Gasteiger partial charge in [0.2, 0.25) is 5.78 Å². The van der Waals surface area contributed by atoms with Crippen molar-refractivity contribution in [1.29, 1.82) is 0 Å². The number of ketones is 2. The van der Waals surface area contributed by atoms with Crippen LogP contribution >= 0.6 is 11.6 Å². The molecule has 0 fully saturated rings. The van der Waals surface area contributed by atoms with Crippen LogP contribution < -0.4 is 8.92 Å². The van der Waals surface area contributed by atoms with Crippen molar-refractivity contribution in [2.75, 3.05) is 7.11 Å². The van der Waals surface area contributed by atoms with Gasteiger partial charge in [-0.15, -0.1) is 0 Å². The second-order valence-corrected chi connectivity index (χ2v) is 7.54. The summed E-state index contributed by atoms with van der Waals surface area (Å²) in [6.45, 7) is 1.81. The number of hydrogen-bond donors (Lipinski definition) is 0. The number of carbonyl (C=O) groups excluding carboxylic acids is 2. The quantitative estimate of drug-likeness (QED) is 0.742. The smallest absolute Gasteiger partial charge is 0.339 e. The molecular formula is C18H13ClO6S. The molecule has 2 aromatic carbocycles. The third-order valence-corrected chi connectivity index (χ3v) is 5.32. The molecule has 2 aromatic rings. The van der Waals surface area contributed by atoms with Gasteiger partial charge in [-0.2, -0.15) is 8.42 Å². The van der Waals surface area contributed by atoms with Gasteiger partial charge in [-0.1, -0.05) is 29.3 Å². The molecule has 0 atom stereocenters. The van der Waals surface area contributed by atoms with Gasteiger partial charge in [0.25, 0.3) is 0 Å². The summed E-state index contributed by atoms with van der Waals surface area (Å²) in [5.74, 6) is -1.38. The van der Waals surface area contributed by atoms with Crippen molar-refractivity contribution in [3.05, 3.63) is 64.2 Å². The number of methoxy groups -OCH3 is 1. The third-order valence-electron chi connectivity index (χ3n) is 3.79. The number of rotatable bonds is 4. The van der Waals surface area contributed by atoms with Gasteiger partial charge in [-0.05, 0) is 25.1 Å². The second kappa shape index (κ2) is 6.59. The first-order valence-electron chi connectivity index (χ1n) is 7.42. The molecule has 0 radical (unpaired) electrons. The summed E-state index contributed by atoms with van der Waals surface area (Å²) < 4.78 is 35.4. The van der Waals surface area contributed by atoms with Gasteiger partial charge in [0.05, 0.1) is 17.7 Å². The molecule has 6 nitrogen and oxygen atoms in total. The van der Waals surface area contributed by atoms with E-state index in [0.29, 0.717) is 0 Å². The molecule has 3 rings (SSSR count). The van der Waals surface area contributed by atoms with Crippen molar-refractivity contribution in [3.63, 3.8) is 0 Å². The van der Waals surface area contributed by atoms with Crippen LogP contribution in [0.25, 0.3) is 0 Å². The van der Waals surface area contributed by atoms with Crippen LogP contribution in [0.3, 0.4) is 0 Å². The van der Waals surface area contributed by atoms with Crippen LogP contribution in [-0.4, -0.2) is 27.1 Å². The van der Waals surface area contributed by atoms with Crippen LogP contribution in [0.15, 0.2) is 52.4 Å². The van der Waals surface area contributed by atoms with E-state index < -0.39 is 21.7 Å². The van der Waals surface area contributed by atoms with E-state index in [4.69, 9.17) is 20.5 Å². The third kappa shape index (κ3) is 3.23. The summed E-state index contributed by atoms with van der Waals surface area (Å²) in [7, 11) is -2.88. The van der Waals surface area contributed by atoms with E-state index in [1.807, 2.05) is 6.92 Å². The maximum absolute atomic E-state index is 12.6. The first-order chi connectivity index (χ1) is 12.2. The van der Waals surface area contributed by atoms with Crippen LogP contribution in [-0.2, 0) is 10.1 Å². The Bertz CT molecular complexity index is 1050. The Morgan fingerprint density at radius 3 is 2.31 bits per heavy atom. The maximum Gasteiger partial charge on any atom is 0.339 e. The van der Waals surface area contributed by atoms with Gasteiger partial charge in [-0.3, -0.25) is 9.59 Å². The molecule has 0 spiro atoms.